The van der Waals surface area contributed by atoms with Crippen molar-refractivity contribution in [2.24, 2.45) is 5.41 Å². The molecular formula is C27H34N2O5. The molecule has 0 heterocycles. The molecule has 0 radical (unpaired) electrons. The number of aliphatic carboxylic acids is 1. The molecule has 0 aromatic heterocycles. The van der Waals surface area contributed by atoms with Gasteiger partial charge in [-0.1, -0.05) is 89.1 Å². The number of carbonyl (C=O) groups is 3. The molecule has 3 N–H and O–H groups in total. The number of ether oxygens (including phenoxy) is 1. The van der Waals surface area contributed by atoms with Gasteiger partial charge < -0.3 is 20.5 Å². The molecule has 0 spiro atoms. The minimum absolute atomic E-state index is 0.0849. The Hall–Kier alpha value is -3.35. The van der Waals surface area contributed by atoms with Crippen LogP contribution in [0.25, 0.3) is 11.1 Å². The van der Waals surface area contributed by atoms with Crippen molar-refractivity contribution < 1.29 is 24.2 Å². The smallest absolute Gasteiger partial charge is 0.407 e. The largest absolute Gasteiger partial charge is 0.480 e. The van der Waals surface area contributed by atoms with Crippen LogP contribution in [0.15, 0.2) is 48.5 Å². The van der Waals surface area contributed by atoms with Gasteiger partial charge in [-0.2, -0.15) is 0 Å². The summed E-state index contributed by atoms with van der Waals surface area (Å²) in [6, 6.07) is 14.2. The zero-order valence-electron chi connectivity index (χ0n) is 20.3. The van der Waals surface area contributed by atoms with E-state index in [9.17, 15) is 19.5 Å². The third kappa shape index (κ3) is 5.76. The maximum Gasteiger partial charge on any atom is 0.407 e. The summed E-state index contributed by atoms with van der Waals surface area (Å²) in [5.41, 5.74) is 3.79. The van der Waals surface area contributed by atoms with Crippen molar-refractivity contribution in [3.63, 3.8) is 0 Å². The molecular weight excluding hydrogens is 432 g/mol. The Morgan fingerprint density at radius 2 is 1.53 bits per heavy atom. The first-order chi connectivity index (χ1) is 16.1. The number of benzene rings is 2. The first kappa shape index (κ1) is 25.3. The van der Waals surface area contributed by atoms with Crippen molar-refractivity contribution >= 4 is 18.0 Å². The Morgan fingerprint density at radius 3 is 2.03 bits per heavy atom. The summed E-state index contributed by atoms with van der Waals surface area (Å²) in [4.78, 5) is 37.2. The zero-order chi connectivity index (χ0) is 24.9. The summed E-state index contributed by atoms with van der Waals surface area (Å²) < 4.78 is 5.57. The zero-order valence-corrected chi connectivity index (χ0v) is 20.3. The average Bonchev–Trinajstić information content (AvgIpc) is 3.11. The van der Waals surface area contributed by atoms with Gasteiger partial charge in [0.2, 0.25) is 5.91 Å². The molecule has 0 aliphatic heterocycles. The molecule has 3 rings (SSSR count). The second-order valence-corrected chi connectivity index (χ2v) is 9.81. The lowest BCUT2D eigenvalue weighted by Gasteiger charge is -2.29. The van der Waals surface area contributed by atoms with Gasteiger partial charge in [-0.3, -0.25) is 4.79 Å². The van der Waals surface area contributed by atoms with Gasteiger partial charge >= 0.3 is 12.1 Å². The standard InChI is InChI=1S/C27H34N2O5/c1-5-6-15-22(24(30)29-23(25(31)32)27(2,3)4)28-26(33)34-16-21-19-13-9-7-11-17(19)18-12-8-10-14-20(18)21/h7-14,21-23H,5-6,15-16H2,1-4H3,(H,28,33)(H,29,30)(H,31,32)/t22?,23-/m0/s1. The van der Waals surface area contributed by atoms with E-state index in [0.29, 0.717) is 12.8 Å². The molecule has 2 atom stereocenters. The number of alkyl carbamates (subject to hydrolysis) is 1. The molecule has 0 fully saturated rings. The van der Waals surface area contributed by atoms with Gasteiger partial charge in [-0.05, 0) is 34.1 Å². The molecule has 2 aromatic carbocycles. The predicted octanol–water partition coefficient (Wildman–Crippen LogP) is 4.70. The molecule has 0 saturated carbocycles. The van der Waals surface area contributed by atoms with Crippen molar-refractivity contribution in [2.45, 2.75) is 65.0 Å². The van der Waals surface area contributed by atoms with Crippen LogP contribution in [-0.4, -0.2) is 41.8 Å². The molecule has 2 amide bonds. The van der Waals surface area contributed by atoms with Crippen LogP contribution in [0.4, 0.5) is 4.79 Å². The molecule has 1 unspecified atom stereocenters. The third-order valence-electron chi connectivity index (χ3n) is 6.20. The summed E-state index contributed by atoms with van der Waals surface area (Å²) in [5, 5.41) is 14.8. The Morgan fingerprint density at radius 1 is 0.971 bits per heavy atom. The highest BCUT2D eigenvalue weighted by Crippen LogP contribution is 2.44. The maximum absolute atomic E-state index is 12.9. The van der Waals surface area contributed by atoms with Crippen molar-refractivity contribution in [2.75, 3.05) is 6.61 Å². The number of unbranched alkanes of at least 4 members (excludes halogenated alkanes) is 1. The van der Waals surface area contributed by atoms with E-state index in [1.165, 1.54) is 0 Å². The van der Waals surface area contributed by atoms with Crippen LogP contribution in [0.5, 0.6) is 0 Å². The molecule has 2 aromatic rings. The van der Waals surface area contributed by atoms with Crippen LogP contribution in [-0.2, 0) is 14.3 Å². The molecule has 0 bridgehead atoms. The number of rotatable bonds is 9. The minimum atomic E-state index is -1.11. The number of hydrogen-bond acceptors (Lipinski definition) is 4. The normalized spacial score (nSPS) is 14.5. The van der Waals surface area contributed by atoms with Crippen molar-refractivity contribution in [1.82, 2.24) is 10.6 Å². The van der Waals surface area contributed by atoms with Gasteiger partial charge in [-0.15, -0.1) is 0 Å². The Balaban J connectivity index is 1.67. The number of carbonyl (C=O) groups excluding carboxylic acids is 2. The van der Waals surface area contributed by atoms with E-state index in [0.717, 1.165) is 28.7 Å². The van der Waals surface area contributed by atoms with Crippen LogP contribution in [0.3, 0.4) is 0 Å². The van der Waals surface area contributed by atoms with Gasteiger partial charge in [0, 0.05) is 5.92 Å². The lowest BCUT2D eigenvalue weighted by atomic mass is 9.86. The van der Waals surface area contributed by atoms with Crippen molar-refractivity contribution in [3.8, 4) is 11.1 Å². The van der Waals surface area contributed by atoms with Crippen molar-refractivity contribution in [1.29, 1.82) is 0 Å². The Labute approximate surface area is 200 Å². The molecule has 1 aliphatic rings. The van der Waals surface area contributed by atoms with E-state index in [-0.39, 0.29) is 12.5 Å². The fourth-order valence-corrected chi connectivity index (χ4v) is 4.35. The lowest BCUT2D eigenvalue weighted by molar-refractivity contribution is -0.145. The minimum Gasteiger partial charge on any atom is -0.480 e. The SMILES string of the molecule is CCCCC(NC(=O)OCC1c2ccccc2-c2ccccc21)C(=O)N[C@@H](C(=O)O)C(C)(C)C. The fourth-order valence-electron chi connectivity index (χ4n) is 4.35. The summed E-state index contributed by atoms with van der Waals surface area (Å²) in [7, 11) is 0. The number of carboxylic acid groups (broad SMARTS) is 1. The summed E-state index contributed by atoms with van der Waals surface area (Å²) in [6.07, 6.45) is 1.23. The van der Waals surface area contributed by atoms with E-state index in [2.05, 4.69) is 22.8 Å². The third-order valence-corrected chi connectivity index (χ3v) is 6.20. The van der Waals surface area contributed by atoms with E-state index < -0.39 is 35.5 Å². The monoisotopic (exact) mass is 466 g/mol. The lowest BCUT2D eigenvalue weighted by Crippen LogP contribution is -2.55. The summed E-state index contributed by atoms with van der Waals surface area (Å²) in [6.45, 7) is 7.35. The number of amides is 2. The second kappa shape index (κ2) is 10.7. The first-order valence-electron chi connectivity index (χ1n) is 11.8. The van der Waals surface area contributed by atoms with Crippen LogP contribution >= 0.6 is 0 Å². The van der Waals surface area contributed by atoms with Gasteiger partial charge in [0.05, 0.1) is 0 Å². The van der Waals surface area contributed by atoms with Crippen LogP contribution < -0.4 is 10.6 Å². The Bertz CT molecular complexity index is 998. The maximum atomic E-state index is 12.9. The molecule has 34 heavy (non-hydrogen) atoms. The van der Waals surface area contributed by atoms with Gasteiger partial charge in [0.15, 0.2) is 0 Å². The second-order valence-electron chi connectivity index (χ2n) is 9.81. The van der Waals surface area contributed by atoms with Crippen LogP contribution in [0.1, 0.15) is 64.0 Å². The summed E-state index contributed by atoms with van der Waals surface area (Å²) in [5.74, 6) is -1.72. The van der Waals surface area contributed by atoms with E-state index in [1.54, 1.807) is 20.8 Å². The molecule has 7 heteroatoms. The van der Waals surface area contributed by atoms with Gasteiger partial charge in [0.1, 0.15) is 18.7 Å². The highest BCUT2D eigenvalue weighted by Gasteiger charge is 2.35. The topological polar surface area (TPSA) is 105 Å². The number of fused-ring (bicyclic) bond motifs is 3. The number of nitrogens with one attached hydrogen (secondary N) is 2. The van der Waals surface area contributed by atoms with Crippen molar-refractivity contribution in [3.05, 3.63) is 59.7 Å². The molecule has 1 aliphatic carbocycles. The van der Waals surface area contributed by atoms with E-state index >= 15 is 0 Å². The number of hydrogen-bond donors (Lipinski definition) is 3. The Kier molecular flexibility index (Phi) is 7.97. The highest BCUT2D eigenvalue weighted by molar-refractivity contribution is 5.89. The fraction of sp³-hybridized carbons (Fsp3) is 0.444. The highest BCUT2D eigenvalue weighted by atomic mass is 16.5. The molecule has 0 saturated heterocycles. The van der Waals surface area contributed by atoms with Crippen LogP contribution in [0.2, 0.25) is 0 Å². The van der Waals surface area contributed by atoms with E-state index in [1.807, 2.05) is 43.3 Å². The first-order valence-corrected chi connectivity index (χ1v) is 11.8. The van der Waals surface area contributed by atoms with Gasteiger partial charge in [0.25, 0.3) is 0 Å². The van der Waals surface area contributed by atoms with Crippen LogP contribution in [0, 0.1) is 5.41 Å². The average molecular weight is 467 g/mol. The number of carboxylic acids is 1. The predicted molar refractivity (Wildman–Crippen MR) is 131 cm³/mol. The molecule has 182 valence electrons. The summed E-state index contributed by atoms with van der Waals surface area (Å²) >= 11 is 0. The quantitative estimate of drug-likeness (QED) is 0.497. The van der Waals surface area contributed by atoms with Gasteiger partial charge in [-0.25, -0.2) is 9.59 Å². The van der Waals surface area contributed by atoms with E-state index in [4.69, 9.17) is 4.74 Å². The molecule has 7 nitrogen and oxygen atoms in total.